The zero-order valence-corrected chi connectivity index (χ0v) is 15.9. The first kappa shape index (κ1) is 18.6. The van der Waals surface area contributed by atoms with Crippen molar-refractivity contribution in [3.05, 3.63) is 45.2 Å². The van der Waals surface area contributed by atoms with Crippen LogP contribution < -0.4 is 10.9 Å². The summed E-state index contributed by atoms with van der Waals surface area (Å²) in [5.74, 6) is 0.317. The molecule has 140 valence electrons. The van der Waals surface area contributed by atoms with Crippen LogP contribution >= 0.6 is 0 Å². The number of aryl methyl sites for hydroxylation is 2. The molecule has 1 amide bonds. The standard InChI is InChI=1S/C19H24N2O4S/c1-12-8-13(2)17-15(9-12)10-16(19(23)21-17)18(22)20-6-3-4-14-5-7-26(24,25)11-14/h8-10,14H,3-7,11H2,1-2H3,(H,20,22)(H,21,23). The van der Waals surface area contributed by atoms with E-state index in [1.165, 1.54) is 0 Å². The highest BCUT2D eigenvalue weighted by Crippen LogP contribution is 2.22. The molecule has 2 aromatic rings. The van der Waals surface area contributed by atoms with Gasteiger partial charge >= 0.3 is 0 Å². The maximum absolute atomic E-state index is 12.4. The van der Waals surface area contributed by atoms with E-state index in [4.69, 9.17) is 0 Å². The Balaban J connectivity index is 1.63. The summed E-state index contributed by atoms with van der Waals surface area (Å²) in [6.45, 7) is 4.33. The highest BCUT2D eigenvalue weighted by atomic mass is 32.2. The van der Waals surface area contributed by atoms with Crippen LogP contribution in [0.15, 0.2) is 23.0 Å². The zero-order chi connectivity index (χ0) is 18.9. The Bertz CT molecular complexity index is 1010. The Morgan fingerprint density at radius 3 is 2.73 bits per heavy atom. The average molecular weight is 376 g/mol. The van der Waals surface area contributed by atoms with Crippen LogP contribution in [0.5, 0.6) is 0 Å². The predicted octanol–water partition coefficient (Wildman–Crippen LogP) is 2.09. The molecule has 6 nitrogen and oxygen atoms in total. The third kappa shape index (κ3) is 4.15. The fourth-order valence-electron chi connectivity index (χ4n) is 3.64. The average Bonchev–Trinajstić information content (AvgIpc) is 2.90. The second-order valence-corrected chi connectivity index (χ2v) is 9.45. The number of aromatic amines is 1. The smallest absolute Gasteiger partial charge is 0.261 e. The molecule has 1 aromatic carbocycles. The van der Waals surface area contributed by atoms with Gasteiger partial charge in [-0.05, 0) is 62.1 Å². The lowest BCUT2D eigenvalue weighted by atomic mass is 10.0. The molecule has 0 bridgehead atoms. The minimum absolute atomic E-state index is 0.103. The Morgan fingerprint density at radius 2 is 2.04 bits per heavy atom. The molecule has 3 rings (SSSR count). The van der Waals surface area contributed by atoms with Gasteiger partial charge in [-0.15, -0.1) is 0 Å². The molecule has 1 aliphatic rings. The Hall–Kier alpha value is -2.15. The van der Waals surface area contributed by atoms with Crippen molar-refractivity contribution >= 4 is 26.6 Å². The number of pyridine rings is 1. The maximum Gasteiger partial charge on any atom is 0.261 e. The van der Waals surface area contributed by atoms with E-state index in [1.54, 1.807) is 6.07 Å². The monoisotopic (exact) mass is 376 g/mol. The number of fused-ring (bicyclic) bond motifs is 1. The van der Waals surface area contributed by atoms with Crippen LogP contribution in [-0.2, 0) is 9.84 Å². The van der Waals surface area contributed by atoms with E-state index in [9.17, 15) is 18.0 Å². The number of H-pyrrole nitrogens is 1. The first-order valence-electron chi connectivity index (χ1n) is 8.88. The lowest BCUT2D eigenvalue weighted by molar-refractivity contribution is 0.0951. The minimum Gasteiger partial charge on any atom is -0.352 e. The zero-order valence-electron chi connectivity index (χ0n) is 15.1. The summed E-state index contributed by atoms with van der Waals surface area (Å²) in [5.41, 5.74) is 2.49. The largest absolute Gasteiger partial charge is 0.352 e. The van der Waals surface area contributed by atoms with Crippen molar-refractivity contribution in [2.45, 2.75) is 33.1 Å². The number of amides is 1. The number of benzene rings is 1. The van der Waals surface area contributed by atoms with Crippen molar-refractivity contribution in [1.29, 1.82) is 0 Å². The van der Waals surface area contributed by atoms with Crippen LogP contribution in [0.1, 0.15) is 40.7 Å². The van der Waals surface area contributed by atoms with E-state index < -0.39 is 21.3 Å². The molecular weight excluding hydrogens is 352 g/mol. The van der Waals surface area contributed by atoms with Gasteiger partial charge in [0, 0.05) is 6.54 Å². The fraction of sp³-hybridized carbons (Fsp3) is 0.474. The summed E-state index contributed by atoms with van der Waals surface area (Å²) in [6, 6.07) is 5.56. The quantitative estimate of drug-likeness (QED) is 0.781. The van der Waals surface area contributed by atoms with Crippen molar-refractivity contribution in [3.63, 3.8) is 0 Å². The molecule has 0 radical (unpaired) electrons. The van der Waals surface area contributed by atoms with Gasteiger partial charge < -0.3 is 10.3 Å². The number of rotatable bonds is 5. The van der Waals surface area contributed by atoms with Gasteiger partial charge in [0.25, 0.3) is 11.5 Å². The molecule has 1 saturated heterocycles. The van der Waals surface area contributed by atoms with Gasteiger partial charge in [0.05, 0.1) is 17.0 Å². The van der Waals surface area contributed by atoms with Crippen molar-refractivity contribution < 1.29 is 13.2 Å². The highest BCUT2D eigenvalue weighted by Gasteiger charge is 2.27. The summed E-state index contributed by atoms with van der Waals surface area (Å²) in [7, 11) is -2.86. The summed E-state index contributed by atoms with van der Waals surface area (Å²) in [6.07, 6.45) is 2.18. The Labute approximate surface area is 152 Å². The normalized spacial score (nSPS) is 18.9. The summed E-state index contributed by atoms with van der Waals surface area (Å²) < 4.78 is 22.9. The second kappa shape index (κ2) is 7.23. The third-order valence-corrected chi connectivity index (χ3v) is 6.78. The maximum atomic E-state index is 12.4. The number of aromatic nitrogens is 1. The van der Waals surface area contributed by atoms with Gasteiger partial charge in [0.15, 0.2) is 9.84 Å². The van der Waals surface area contributed by atoms with Gasteiger partial charge in [-0.1, -0.05) is 11.6 Å². The van der Waals surface area contributed by atoms with Crippen LogP contribution in [0, 0.1) is 19.8 Å². The van der Waals surface area contributed by atoms with Gasteiger partial charge in [-0.3, -0.25) is 9.59 Å². The molecule has 7 heteroatoms. The summed E-state index contributed by atoms with van der Waals surface area (Å²) >= 11 is 0. The predicted molar refractivity (Wildman–Crippen MR) is 102 cm³/mol. The lowest BCUT2D eigenvalue weighted by Gasteiger charge is -2.09. The van der Waals surface area contributed by atoms with Gasteiger partial charge in [-0.25, -0.2) is 8.42 Å². The molecule has 1 atom stereocenters. The number of hydrogen-bond acceptors (Lipinski definition) is 4. The lowest BCUT2D eigenvalue weighted by Crippen LogP contribution is -2.30. The van der Waals surface area contributed by atoms with E-state index >= 15 is 0 Å². The molecule has 1 aromatic heterocycles. The van der Waals surface area contributed by atoms with Crippen LogP contribution in [0.4, 0.5) is 0 Å². The van der Waals surface area contributed by atoms with Crippen LogP contribution in [0.2, 0.25) is 0 Å². The van der Waals surface area contributed by atoms with Crippen LogP contribution in [0.25, 0.3) is 10.9 Å². The molecule has 1 aliphatic heterocycles. The topological polar surface area (TPSA) is 96.1 Å². The molecule has 0 aliphatic carbocycles. The number of hydrogen-bond donors (Lipinski definition) is 2. The van der Waals surface area contributed by atoms with Gasteiger partial charge in [-0.2, -0.15) is 0 Å². The highest BCUT2D eigenvalue weighted by molar-refractivity contribution is 7.91. The van der Waals surface area contributed by atoms with E-state index in [0.717, 1.165) is 28.5 Å². The Kier molecular flexibility index (Phi) is 5.18. The molecule has 1 fully saturated rings. The third-order valence-electron chi connectivity index (χ3n) is 4.94. The van der Waals surface area contributed by atoms with Crippen molar-refractivity contribution in [1.82, 2.24) is 10.3 Å². The molecule has 0 saturated carbocycles. The van der Waals surface area contributed by atoms with Gasteiger partial charge in [0.2, 0.25) is 0 Å². The number of sulfone groups is 1. The van der Waals surface area contributed by atoms with Crippen molar-refractivity contribution in [3.8, 4) is 0 Å². The molecule has 26 heavy (non-hydrogen) atoms. The van der Waals surface area contributed by atoms with E-state index in [-0.39, 0.29) is 23.0 Å². The van der Waals surface area contributed by atoms with E-state index in [2.05, 4.69) is 10.3 Å². The fourth-order valence-corrected chi connectivity index (χ4v) is 5.55. The first-order valence-corrected chi connectivity index (χ1v) is 10.7. The Morgan fingerprint density at radius 1 is 1.27 bits per heavy atom. The van der Waals surface area contributed by atoms with E-state index in [1.807, 2.05) is 26.0 Å². The minimum atomic E-state index is -2.86. The number of carbonyl (C=O) groups is 1. The van der Waals surface area contributed by atoms with Crippen molar-refractivity contribution in [2.75, 3.05) is 18.1 Å². The molecule has 0 spiro atoms. The molecule has 2 heterocycles. The summed E-state index contributed by atoms with van der Waals surface area (Å²) in [4.78, 5) is 27.4. The molecule has 1 unspecified atom stereocenters. The molecule has 2 N–H and O–H groups in total. The summed E-state index contributed by atoms with van der Waals surface area (Å²) in [5, 5.41) is 3.61. The van der Waals surface area contributed by atoms with Crippen molar-refractivity contribution in [2.24, 2.45) is 5.92 Å². The SMILES string of the molecule is Cc1cc(C)c2[nH]c(=O)c(C(=O)NCCCC3CCS(=O)(=O)C3)cc2c1. The molecular formula is C19H24N2O4S. The van der Waals surface area contributed by atoms with Gasteiger partial charge in [0.1, 0.15) is 5.56 Å². The second-order valence-electron chi connectivity index (χ2n) is 7.23. The number of nitrogens with one attached hydrogen (secondary N) is 2. The van der Waals surface area contributed by atoms with Crippen LogP contribution in [-0.4, -0.2) is 37.4 Å². The number of carbonyl (C=O) groups excluding carboxylic acids is 1. The first-order chi connectivity index (χ1) is 12.2. The van der Waals surface area contributed by atoms with E-state index in [0.29, 0.717) is 19.4 Å². The van der Waals surface area contributed by atoms with Crippen LogP contribution in [0.3, 0.4) is 0 Å².